The number of methoxy groups -OCH3 is 2. The van der Waals surface area contributed by atoms with E-state index in [0.29, 0.717) is 24.7 Å². The first kappa shape index (κ1) is 18.5. The van der Waals surface area contributed by atoms with E-state index < -0.39 is 6.10 Å². The van der Waals surface area contributed by atoms with Crippen molar-refractivity contribution in [2.24, 2.45) is 0 Å². The molecule has 0 heterocycles. The summed E-state index contributed by atoms with van der Waals surface area (Å²) in [6.07, 6.45) is 3.35. The molecule has 124 valence electrons. The molecule has 0 spiro atoms. The molecule has 2 atom stereocenters. The van der Waals surface area contributed by atoms with Gasteiger partial charge in [0.05, 0.1) is 13.7 Å². The van der Waals surface area contributed by atoms with Crippen LogP contribution in [0.1, 0.15) is 19.4 Å². The van der Waals surface area contributed by atoms with Crippen LogP contribution >= 0.6 is 0 Å². The molecule has 1 aromatic rings. The van der Waals surface area contributed by atoms with Crippen LogP contribution in [-0.4, -0.2) is 51.2 Å². The van der Waals surface area contributed by atoms with Gasteiger partial charge in [-0.3, -0.25) is 0 Å². The van der Waals surface area contributed by atoms with Gasteiger partial charge in [0.1, 0.15) is 12.7 Å². The van der Waals surface area contributed by atoms with Gasteiger partial charge in [0.2, 0.25) is 0 Å². The molecule has 2 N–H and O–H groups in total. The van der Waals surface area contributed by atoms with Crippen molar-refractivity contribution >= 4 is 6.08 Å². The molecule has 5 nitrogen and oxygen atoms in total. The Morgan fingerprint density at radius 1 is 1.23 bits per heavy atom. The summed E-state index contributed by atoms with van der Waals surface area (Å²) >= 11 is 0. The molecule has 0 amide bonds. The average Bonchev–Trinajstić information content (AvgIpc) is 2.52. The second kappa shape index (κ2) is 10.2. The molecule has 0 aliphatic rings. The van der Waals surface area contributed by atoms with Crippen LogP contribution < -0.4 is 14.8 Å². The zero-order valence-electron chi connectivity index (χ0n) is 13.8. The molecule has 0 aliphatic heterocycles. The maximum absolute atomic E-state index is 9.95. The Balaban J connectivity index is 2.49. The van der Waals surface area contributed by atoms with Crippen LogP contribution in [0.15, 0.2) is 24.3 Å². The van der Waals surface area contributed by atoms with Crippen LogP contribution in [0.3, 0.4) is 0 Å². The molecule has 0 saturated heterocycles. The van der Waals surface area contributed by atoms with Gasteiger partial charge in [-0.25, -0.2) is 0 Å². The minimum atomic E-state index is -0.598. The van der Waals surface area contributed by atoms with E-state index in [0.717, 1.165) is 5.56 Å². The van der Waals surface area contributed by atoms with Gasteiger partial charge < -0.3 is 24.6 Å². The third-order valence-corrected chi connectivity index (χ3v) is 3.10. The summed E-state index contributed by atoms with van der Waals surface area (Å²) in [7, 11) is 3.26. The minimum absolute atomic E-state index is 0.189. The Hall–Kier alpha value is -1.56. The predicted molar refractivity (Wildman–Crippen MR) is 88.5 cm³/mol. The number of aliphatic hydroxyl groups excluding tert-OH is 1. The Bertz CT molecular complexity index is 462. The molecule has 0 radical (unpaired) electrons. The molecule has 0 aliphatic carbocycles. The lowest BCUT2D eigenvalue weighted by atomic mass is 10.2. The van der Waals surface area contributed by atoms with Gasteiger partial charge in [-0.15, -0.1) is 0 Å². The van der Waals surface area contributed by atoms with E-state index in [1.54, 1.807) is 14.2 Å². The minimum Gasteiger partial charge on any atom is -0.493 e. The smallest absolute Gasteiger partial charge is 0.161 e. The number of hydrogen-bond acceptors (Lipinski definition) is 5. The van der Waals surface area contributed by atoms with Crippen molar-refractivity contribution in [3.8, 4) is 11.5 Å². The van der Waals surface area contributed by atoms with Crippen LogP contribution in [0, 0.1) is 0 Å². The lowest BCUT2D eigenvalue weighted by molar-refractivity contribution is 0.0959. The van der Waals surface area contributed by atoms with Crippen molar-refractivity contribution in [2.75, 3.05) is 34.0 Å². The number of allylic oxidation sites excluding steroid dienone is 1. The molecular formula is C17H27NO4. The predicted octanol–water partition coefficient (Wildman–Crippen LogP) is 2.09. The average molecular weight is 309 g/mol. The summed E-state index contributed by atoms with van der Waals surface area (Å²) in [5.74, 6) is 1.28. The first-order valence-corrected chi connectivity index (χ1v) is 7.44. The molecule has 1 rings (SSSR count). The summed E-state index contributed by atoms with van der Waals surface area (Å²) in [6, 6.07) is 5.89. The first-order chi connectivity index (χ1) is 10.6. The van der Waals surface area contributed by atoms with Crippen molar-refractivity contribution in [3.05, 3.63) is 29.8 Å². The van der Waals surface area contributed by atoms with Crippen LogP contribution in [0.25, 0.3) is 6.08 Å². The third kappa shape index (κ3) is 6.47. The Kier molecular flexibility index (Phi) is 8.58. The number of aliphatic hydroxyl groups is 1. The zero-order chi connectivity index (χ0) is 16.4. The van der Waals surface area contributed by atoms with E-state index in [1.165, 1.54) is 0 Å². The maximum atomic E-state index is 9.95. The van der Waals surface area contributed by atoms with Gasteiger partial charge in [0, 0.05) is 19.7 Å². The van der Waals surface area contributed by atoms with Gasteiger partial charge >= 0.3 is 0 Å². The Labute approximate surface area is 132 Å². The van der Waals surface area contributed by atoms with Crippen molar-refractivity contribution in [3.63, 3.8) is 0 Å². The molecule has 1 aromatic carbocycles. The van der Waals surface area contributed by atoms with E-state index >= 15 is 0 Å². The van der Waals surface area contributed by atoms with Crippen LogP contribution in [0.2, 0.25) is 0 Å². The second-order valence-corrected chi connectivity index (χ2v) is 5.14. The van der Waals surface area contributed by atoms with E-state index in [1.807, 2.05) is 44.2 Å². The molecule has 0 unspecified atom stereocenters. The summed E-state index contributed by atoms with van der Waals surface area (Å²) in [5.41, 5.74) is 1.04. The number of nitrogens with one attached hydrogen (secondary N) is 1. The van der Waals surface area contributed by atoms with Gasteiger partial charge in [0.25, 0.3) is 0 Å². The topological polar surface area (TPSA) is 60.0 Å². The fourth-order valence-corrected chi connectivity index (χ4v) is 1.99. The molecule has 22 heavy (non-hydrogen) atoms. The quantitative estimate of drug-likeness (QED) is 0.693. The van der Waals surface area contributed by atoms with E-state index in [-0.39, 0.29) is 12.6 Å². The maximum Gasteiger partial charge on any atom is 0.161 e. The van der Waals surface area contributed by atoms with Crippen LogP contribution in [-0.2, 0) is 4.74 Å². The summed E-state index contributed by atoms with van der Waals surface area (Å²) < 4.78 is 16.0. The lowest BCUT2D eigenvalue weighted by Crippen LogP contribution is -2.38. The highest BCUT2D eigenvalue weighted by Gasteiger charge is 2.10. The Morgan fingerprint density at radius 2 is 2.00 bits per heavy atom. The van der Waals surface area contributed by atoms with E-state index in [4.69, 9.17) is 14.2 Å². The molecular weight excluding hydrogens is 282 g/mol. The van der Waals surface area contributed by atoms with E-state index in [2.05, 4.69) is 5.32 Å². The monoisotopic (exact) mass is 309 g/mol. The van der Waals surface area contributed by atoms with Crippen molar-refractivity contribution in [1.82, 2.24) is 5.32 Å². The highest BCUT2D eigenvalue weighted by molar-refractivity contribution is 5.55. The standard InChI is InChI=1S/C17H27NO4/c1-5-6-14-7-8-16(17(9-14)21-4)22-12-15(19)10-18-13(2)11-20-3/h5-9,13,15,18-19H,10-12H2,1-4H3/b6-5+/t13-,15+/m1/s1. The SMILES string of the molecule is C/C=C/c1ccc(OC[C@@H](O)CN[C@H](C)COC)c(OC)c1. The number of hydrogen-bond donors (Lipinski definition) is 2. The fourth-order valence-electron chi connectivity index (χ4n) is 1.99. The van der Waals surface area contributed by atoms with Crippen LogP contribution in [0.4, 0.5) is 0 Å². The van der Waals surface area contributed by atoms with E-state index in [9.17, 15) is 5.11 Å². The lowest BCUT2D eigenvalue weighted by Gasteiger charge is -2.18. The fraction of sp³-hybridized carbons (Fsp3) is 0.529. The van der Waals surface area contributed by atoms with Crippen molar-refractivity contribution in [2.45, 2.75) is 26.0 Å². The summed E-state index contributed by atoms with van der Waals surface area (Å²) in [6.45, 7) is 5.22. The summed E-state index contributed by atoms with van der Waals surface area (Å²) in [5, 5.41) is 13.1. The van der Waals surface area contributed by atoms with Gasteiger partial charge in [-0.1, -0.05) is 18.2 Å². The molecule has 0 bridgehead atoms. The largest absolute Gasteiger partial charge is 0.493 e. The number of rotatable bonds is 10. The van der Waals surface area contributed by atoms with Crippen LogP contribution in [0.5, 0.6) is 11.5 Å². The summed E-state index contributed by atoms with van der Waals surface area (Å²) in [4.78, 5) is 0. The Morgan fingerprint density at radius 3 is 2.64 bits per heavy atom. The first-order valence-electron chi connectivity index (χ1n) is 7.44. The second-order valence-electron chi connectivity index (χ2n) is 5.14. The highest BCUT2D eigenvalue weighted by atomic mass is 16.5. The molecule has 5 heteroatoms. The normalized spacial score (nSPS) is 14.0. The molecule has 0 fully saturated rings. The molecule has 0 aromatic heterocycles. The van der Waals surface area contributed by atoms with Crippen molar-refractivity contribution < 1.29 is 19.3 Å². The number of benzene rings is 1. The zero-order valence-corrected chi connectivity index (χ0v) is 13.8. The van der Waals surface area contributed by atoms with Gasteiger partial charge in [0.15, 0.2) is 11.5 Å². The number of ether oxygens (including phenoxy) is 3. The van der Waals surface area contributed by atoms with Gasteiger partial charge in [-0.2, -0.15) is 0 Å². The third-order valence-electron chi connectivity index (χ3n) is 3.10. The molecule has 0 saturated carbocycles. The van der Waals surface area contributed by atoms with Gasteiger partial charge in [-0.05, 0) is 31.5 Å². The van der Waals surface area contributed by atoms with Crippen molar-refractivity contribution in [1.29, 1.82) is 0 Å². The highest BCUT2D eigenvalue weighted by Crippen LogP contribution is 2.28.